The maximum absolute atomic E-state index is 13.6. The van der Waals surface area contributed by atoms with Gasteiger partial charge in [0.25, 0.3) is 5.91 Å². The molecule has 3 aromatic rings. The number of hydrogen-bond acceptors (Lipinski definition) is 2. The van der Waals surface area contributed by atoms with Crippen LogP contribution < -0.4 is 5.32 Å². The van der Waals surface area contributed by atoms with E-state index < -0.39 is 30.4 Å². The largest absolute Gasteiger partial charge is 0.418 e. The molecule has 1 atom stereocenters. The molecule has 0 aliphatic heterocycles. The van der Waals surface area contributed by atoms with E-state index in [2.05, 4.69) is 10.3 Å². The normalized spacial score (nSPS) is 12.4. The molecular weight excluding hydrogens is 499 g/mol. The first kappa shape index (κ1) is 21.2. The monoisotopic (exact) mass is 514 g/mol. The summed E-state index contributed by atoms with van der Waals surface area (Å²) < 4.78 is 54.3. The number of carbonyl (C=O) groups excluding carboxylic acids is 1. The van der Waals surface area contributed by atoms with Gasteiger partial charge in [0.15, 0.2) is 0 Å². The zero-order valence-electron chi connectivity index (χ0n) is 14.9. The van der Waals surface area contributed by atoms with Gasteiger partial charge in [-0.15, -0.1) is 0 Å². The molecule has 3 rings (SSSR count). The lowest BCUT2D eigenvalue weighted by atomic mass is 9.97. The van der Waals surface area contributed by atoms with Gasteiger partial charge in [-0.1, -0.05) is 30.3 Å². The molecule has 1 aromatic heterocycles. The first-order valence-corrected chi connectivity index (χ1v) is 9.61. The zero-order chi connectivity index (χ0) is 21.0. The lowest BCUT2D eigenvalue weighted by Crippen LogP contribution is -2.31. The lowest BCUT2D eigenvalue weighted by molar-refractivity contribution is -0.138. The highest BCUT2D eigenvalue weighted by Crippen LogP contribution is 2.35. The predicted octanol–water partition coefficient (Wildman–Crippen LogP) is 5.69. The molecule has 0 spiro atoms. The number of carbonyl (C=O) groups is 1. The summed E-state index contributed by atoms with van der Waals surface area (Å²) in [6, 6.07) is 13.5. The second kappa shape index (κ2) is 8.89. The lowest BCUT2D eigenvalue weighted by Gasteiger charge is -2.22. The van der Waals surface area contributed by atoms with E-state index in [1.807, 2.05) is 22.6 Å². The van der Waals surface area contributed by atoms with Crippen LogP contribution in [0.15, 0.2) is 66.9 Å². The van der Waals surface area contributed by atoms with Crippen molar-refractivity contribution >= 4 is 28.5 Å². The molecule has 1 amide bonds. The zero-order valence-corrected chi connectivity index (χ0v) is 17.0. The van der Waals surface area contributed by atoms with Crippen LogP contribution in [0.25, 0.3) is 0 Å². The number of benzene rings is 2. The molecule has 29 heavy (non-hydrogen) atoms. The Morgan fingerprint density at radius 1 is 1.07 bits per heavy atom. The maximum atomic E-state index is 13.6. The molecule has 0 aliphatic carbocycles. The van der Waals surface area contributed by atoms with Crippen molar-refractivity contribution in [3.63, 3.8) is 0 Å². The van der Waals surface area contributed by atoms with Crippen LogP contribution >= 0.6 is 22.6 Å². The maximum Gasteiger partial charge on any atom is 0.418 e. The van der Waals surface area contributed by atoms with Gasteiger partial charge in [0, 0.05) is 15.3 Å². The van der Waals surface area contributed by atoms with Crippen LogP contribution in [0.5, 0.6) is 0 Å². The number of aromatic nitrogens is 1. The molecule has 0 radical (unpaired) electrons. The summed E-state index contributed by atoms with van der Waals surface area (Å²) in [7, 11) is 0. The number of pyridine rings is 1. The van der Waals surface area contributed by atoms with Gasteiger partial charge in [0.1, 0.15) is 6.67 Å². The summed E-state index contributed by atoms with van der Waals surface area (Å²) in [6.07, 6.45) is -3.40. The van der Waals surface area contributed by atoms with Gasteiger partial charge in [-0.2, -0.15) is 13.2 Å². The Labute approximate surface area is 178 Å². The van der Waals surface area contributed by atoms with E-state index in [4.69, 9.17) is 0 Å². The van der Waals surface area contributed by atoms with Crippen LogP contribution in [0.2, 0.25) is 0 Å². The highest BCUT2D eigenvalue weighted by molar-refractivity contribution is 14.1. The van der Waals surface area contributed by atoms with Crippen molar-refractivity contribution in [2.75, 3.05) is 0 Å². The molecule has 0 unspecified atom stereocenters. The van der Waals surface area contributed by atoms with Crippen LogP contribution in [0.3, 0.4) is 0 Å². The molecule has 8 heteroatoms. The summed E-state index contributed by atoms with van der Waals surface area (Å²) in [5.74, 6) is -0.540. The van der Waals surface area contributed by atoms with Crippen molar-refractivity contribution in [3.8, 4) is 0 Å². The molecule has 0 saturated heterocycles. The Bertz CT molecular complexity index is 1010. The molecule has 0 fully saturated rings. The molecule has 150 valence electrons. The second-order valence-electron chi connectivity index (χ2n) is 6.23. The van der Waals surface area contributed by atoms with E-state index in [1.54, 1.807) is 24.3 Å². The van der Waals surface area contributed by atoms with Crippen molar-refractivity contribution in [2.45, 2.75) is 18.9 Å². The molecule has 1 N–H and O–H groups in total. The Morgan fingerprint density at radius 2 is 1.79 bits per heavy atom. The average Bonchev–Trinajstić information content (AvgIpc) is 2.71. The number of amides is 1. The van der Waals surface area contributed by atoms with Gasteiger partial charge in [0.05, 0.1) is 17.3 Å². The van der Waals surface area contributed by atoms with Crippen LogP contribution in [-0.2, 0) is 12.9 Å². The van der Waals surface area contributed by atoms with Crippen molar-refractivity contribution in [1.82, 2.24) is 10.3 Å². The van der Waals surface area contributed by atoms with Crippen LogP contribution in [0.1, 0.15) is 38.8 Å². The molecular formula is C21H15F4IN2O. The minimum atomic E-state index is -4.65. The smallest absolute Gasteiger partial charge is 0.340 e. The standard InChI is InChI=1S/C21H15F4IN2O/c22-12-13-6-8-14(9-7-13)18(19-17(21(23,24)25)5-2-10-27-19)28-20(29)15-3-1-4-16(26)11-15/h1-11,18H,12H2,(H,28,29)/t18-/m0/s1. The molecule has 2 aromatic carbocycles. The van der Waals surface area contributed by atoms with E-state index in [9.17, 15) is 22.4 Å². The number of halogens is 5. The van der Waals surface area contributed by atoms with E-state index in [-0.39, 0.29) is 5.69 Å². The van der Waals surface area contributed by atoms with Crippen molar-refractivity contribution < 1.29 is 22.4 Å². The topological polar surface area (TPSA) is 42.0 Å². The van der Waals surface area contributed by atoms with Crippen LogP contribution in [-0.4, -0.2) is 10.9 Å². The Kier molecular flexibility index (Phi) is 6.51. The minimum Gasteiger partial charge on any atom is -0.340 e. The van der Waals surface area contributed by atoms with E-state index in [0.29, 0.717) is 16.7 Å². The quantitative estimate of drug-likeness (QED) is 0.351. The summed E-state index contributed by atoms with van der Waals surface area (Å²) in [5, 5.41) is 2.64. The van der Waals surface area contributed by atoms with E-state index >= 15 is 0 Å². The summed E-state index contributed by atoms with van der Waals surface area (Å²) in [4.78, 5) is 16.7. The van der Waals surface area contributed by atoms with Gasteiger partial charge in [-0.05, 0) is 64.0 Å². The summed E-state index contributed by atoms with van der Waals surface area (Å²) in [5.41, 5.74) is -0.208. The third-order valence-corrected chi connectivity index (χ3v) is 4.92. The van der Waals surface area contributed by atoms with Gasteiger partial charge in [-0.25, -0.2) is 4.39 Å². The number of alkyl halides is 4. The number of rotatable bonds is 5. The highest BCUT2D eigenvalue weighted by atomic mass is 127. The third-order valence-electron chi connectivity index (χ3n) is 4.25. The number of nitrogens with zero attached hydrogens (tertiary/aromatic N) is 1. The molecule has 0 saturated carbocycles. The van der Waals surface area contributed by atoms with Crippen molar-refractivity contribution in [1.29, 1.82) is 0 Å². The fraction of sp³-hybridized carbons (Fsp3) is 0.143. The van der Waals surface area contributed by atoms with E-state index in [0.717, 1.165) is 9.64 Å². The average molecular weight is 514 g/mol. The molecule has 3 nitrogen and oxygen atoms in total. The fourth-order valence-electron chi connectivity index (χ4n) is 2.84. The van der Waals surface area contributed by atoms with E-state index in [1.165, 1.54) is 36.5 Å². The second-order valence-corrected chi connectivity index (χ2v) is 7.47. The molecule has 0 aliphatic rings. The van der Waals surface area contributed by atoms with Gasteiger partial charge in [-0.3, -0.25) is 9.78 Å². The molecule has 1 heterocycles. The summed E-state index contributed by atoms with van der Waals surface area (Å²) >= 11 is 2.04. The first-order chi connectivity index (χ1) is 13.8. The first-order valence-electron chi connectivity index (χ1n) is 8.53. The van der Waals surface area contributed by atoms with Gasteiger partial charge < -0.3 is 5.32 Å². The highest BCUT2D eigenvalue weighted by Gasteiger charge is 2.37. The Hall–Kier alpha value is -2.49. The molecule has 0 bridgehead atoms. The Morgan fingerprint density at radius 3 is 2.41 bits per heavy atom. The van der Waals surface area contributed by atoms with Crippen molar-refractivity contribution in [3.05, 3.63) is 98.4 Å². The number of hydrogen-bond donors (Lipinski definition) is 1. The SMILES string of the molecule is O=C(N[C@@H](c1ccc(CF)cc1)c1ncccc1C(F)(F)F)c1cccc(I)c1. The van der Waals surface area contributed by atoms with Gasteiger partial charge in [0.2, 0.25) is 0 Å². The predicted molar refractivity (Wildman–Crippen MR) is 109 cm³/mol. The van der Waals surface area contributed by atoms with Crippen molar-refractivity contribution in [2.24, 2.45) is 0 Å². The minimum absolute atomic E-state index is 0.312. The summed E-state index contributed by atoms with van der Waals surface area (Å²) in [6.45, 7) is -0.697. The number of nitrogens with one attached hydrogen (secondary N) is 1. The third kappa shape index (κ3) is 5.11. The Balaban J connectivity index is 2.06. The van der Waals surface area contributed by atoms with Crippen LogP contribution in [0.4, 0.5) is 17.6 Å². The van der Waals surface area contributed by atoms with Crippen LogP contribution in [0, 0.1) is 3.57 Å². The van der Waals surface area contributed by atoms with Gasteiger partial charge >= 0.3 is 6.18 Å². The fourth-order valence-corrected chi connectivity index (χ4v) is 3.38.